The molecule has 28 heavy (non-hydrogen) atoms. The van der Waals surface area contributed by atoms with Gasteiger partial charge in [-0.15, -0.1) is 21.5 Å². The number of benzene rings is 1. The van der Waals surface area contributed by atoms with E-state index >= 15 is 0 Å². The van der Waals surface area contributed by atoms with Gasteiger partial charge in [0, 0.05) is 5.39 Å². The summed E-state index contributed by atoms with van der Waals surface area (Å²) in [6.45, 7) is 4.10. The maximum atomic E-state index is 4.83. The number of rotatable bonds is 4. The van der Waals surface area contributed by atoms with Crippen LogP contribution in [0.5, 0.6) is 0 Å². The minimum absolute atomic E-state index is 0.720. The van der Waals surface area contributed by atoms with E-state index in [1.807, 2.05) is 65.5 Å². The second kappa shape index (κ2) is 6.81. The van der Waals surface area contributed by atoms with E-state index in [2.05, 4.69) is 22.4 Å². The SMILES string of the molecule is Cc1cc(Nc2nnc(-c3cccs3)s2)nc2c1c(C)nn2-c1ccccc1. The largest absolute Gasteiger partial charge is 0.315 e. The lowest BCUT2D eigenvalue weighted by molar-refractivity contribution is 0.878. The number of para-hydroxylation sites is 1. The Balaban J connectivity index is 1.56. The highest BCUT2D eigenvalue weighted by molar-refractivity contribution is 7.22. The fourth-order valence-electron chi connectivity index (χ4n) is 3.20. The van der Waals surface area contributed by atoms with Crippen LogP contribution in [0.3, 0.4) is 0 Å². The number of hydrogen-bond donors (Lipinski definition) is 1. The molecule has 0 saturated heterocycles. The predicted octanol–water partition coefficient (Wildman–Crippen LogP) is 5.36. The number of pyridine rings is 1. The first-order valence-corrected chi connectivity index (χ1v) is 10.5. The molecule has 0 unspecified atom stereocenters. The molecule has 0 aliphatic carbocycles. The second-order valence-electron chi connectivity index (χ2n) is 6.37. The standard InChI is InChI=1S/C20H16N6S2/c1-12-11-16(22-20-24-23-19(28-20)15-9-6-10-27-15)21-18-17(12)13(2)25-26(18)14-7-4-3-5-8-14/h3-11H,1-2H3,(H,21,22,24). The van der Waals surface area contributed by atoms with Crippen molar-refractivity contribution in [1.29, 1.82) is 0 Å². The van der Waals surface area contributed by atoms with Gasteiger partial charge in [0.1, 0.15) is 5.82 Å². The van der Waals surface area contributed by atoms with Crippen LogP contribution >= 0.6 is 22.7 Å². The first-order chi connectivity index (χ1) is 13.7. The van der Waals surface area contributed by atoms with E-state index in [1.165, 1.54) is 11.3 Å². The second-order valence-corrected chi connectivity index (χ2v) is 8.30. The molecule has 0 aliphatic rings. The van der Waals surface area contributed by atoms with Gasteiger partial charge in [-0.25, -0.2) is 9.67 Å². The fraction of sp³-hybridized carbons (Fsp3) is 0.100. The van der Waals surface area contributed by atoms with E-state index in [1.54, 1.807) is 11.3 Å². The molecule has 6 nitrogen and oxygen atoms in total. The summed E-state index contributed by atoms with van der Waals surface area (Å²) in [6.07, 6.45) is 0. The number of anilines is 2. The third-order valence-electron chi connectivity index (χ3n) is 4.40. The Morgan fingerprint density at radius 3 is 2.64 bits per heavy atom. The van der Waals surface area contributed by atoms with Crippen molar-refractivity contribution in [3.8, 4) is 15.6 Å². The summed E-state index contributed by atoms with van der Waals surface area (Å²) in [5.74, 6) is 0.732. The zero-order valence-electron chi connectivity index (χ0n) is 15.2. The molecule has 1 aromatic carbocycles. The van der Waals surface area contributed by atoms with Crippen molar-refractivity contribution in [3.05, 3.63) is 65.2 Å². The van der Waals surface area contributed by atoms with Gasteiger partial charge in [0.15, 0.2) is 10.7 Å². The highest BCUT2D eigenvalue weighted by atomic mass is 32.1. The number of nitrogens with zero attached hydrogens (tertiary/aromatic N) is 5. The van der Waals surface area contributed by atoms with Gasteiger partial charge in [-0.3, -0.25) is 0 Å². The summed E-state index contributed by atoms with van der Waals surface area (Å²) < 4.78 is 1.89. The molecule has 1 N–H and O–H groups in total. The summed E-state index contributed by atoms with van der Waals surface area (Å²) >= 11 is 3.17. The summed E-state index contributed by atoms with van der Waals surface area (Å²) in [5.41, 5.74) is 3.90. The number of nitrogens with one attached hydrogen (secondary N) is 1. The average Bonchev–Trinajstić information content (AvgIpc) is 3.43. The van der Waals surface area contributed by atoms with Gasteiger partial charge < -0.3 is 5.32 Å². The van der Waals surface area contributed by atoms with Crippen LogP contribution in [0.25, 0.3) is 26.6 Å². The Hall–Kier alpha value is -3.10. The van der Waals surface area contributed by atoms with Crippen molar-refractivity contribution in [2.45, 2.75) is 13.8 Å². The van der Waals surface area contributed by atoms with Gasteiger partial charge in [0.05, 0.1) is 16.3 Å². The third-order valence-corrected chi connectivity index (χ3v) is 6.28. The summed E-state index contributed by atoms with van der Waals surface area (Å²) in [7, 11) is 0. The third kappa shape index (κ3) is 2.96. The van der Waals surface area contributed by atoms with Crippen molar-refractivity contribution < 1.29 is 0 Å². The molecule has 0 radical (unpaired) electrons. The maximum Gasteiger partial charge on any atom is 0.211 e. The van der Waals surface area contributed by atoms with Gasteiger partial charge in [-0.2, -0.15) is 5.10 Å². The zero-order valence-corrected chi connectivity index (χ0v) is 16.9. The van der Waals surface area contributed by atoms with E-state index in [-0.39, 0.29) is 0 Å². The molecular weight excluding hydrogens is 388 g/mol. The van der Waals surface area contributed by atoms with Crippen LogP contribution in [0.4, 0.5) is 10.9 Å². The zero-order chi connectivity index (χ0) is 19.1. The predicted molar refractivity (Wildman–Crippen MR) is 115 cm³/mol. The lowest BCUT2D eigenvalue weighted by atomic mass is 10.1. The molecule has 0 spiro atoms. The highest BCUT2D eigenvalue weighted by Gasteiger charge is 2.15. The van der Waals surface area contributed by atoms with Crippen LogP contribution in [0.2, 0.25) is 0 Å². The lowest BCUT2D eigenvalue weighted by Crippen LogP contribution is -2.00. The van der Waals surface area contributed by atoms with Crippen LogP contribution in [0, 0.1) is 13.8 Å². The molecule has 0 atom stereocenters. The maximum absolute atomic E-state index is 4.83. The van der Waals surface area contributed by atoms with E-state index < -0.39 is 0 Å². The number of aromatic nitrogens is 5. The van der Waals surface area contributed by atoms with Crippen molar-refractivity contribution >= 4 is 44.7 Å². The minimum atomic E-state index is 0.720. The van der Waals surface area contributed by atoms with Gasteiger partial charge >= 0.3 is 0 Å². The molecule has 0 saturated carbocycles. The van der Waals surface area contributed by atoms with Crippen LogP contribution < -0.4 is 5.32 Å². The normalized spacial score (nSPS) is 11.2. The Morgan fingerprint density at radius 2 is 1.86 bits per heavy atom. The molecule has 0 amide bonds. The van der Waals surface area contributed by atoms with Gasteiger partial charge in [0.2, 0.25) is 5.13 Å². The van der Waals surface area contributed by atoms with E-state index in [0.717, 1.165) is 48.8 Å². The molecule has 0 aliphatic heterocycles. The smallest absolute Gasteiger partial charge is 0.211 e. The number of fused-ring (bicyclic) bond motifs is 1. The topological polar surface area (TPSA) is 68.5 Å². The Bertz CT molecular complexity index is 1260. The van der Waals surface area contributed by atoms with Crippen LogP contribution in [-0.4, -0.2) is 25.0 Å². The van der Waals surface area contributed by atoms with Crippen molar-refractivity contribution in [2.24, 2.45) is 0 Å². The number of hydrogen-bond acceptors (Lipinski definition) is 7. The summed E-state index contributed by atoms with van der Waals surface area (Å²) in [5, 5.41) is 21.3. The van der Waals surface area contributed by atoms with E-state index in [9.17, 15) is 0 Å². The first-order valence-electron chi connectivity index (χ1n) is 8.76. The number of thiophene rings is 1. The summed E-state index contributed by atoms with van der Waals surface area (Å²) in [4.78, 5) is 5.95. The molecule has 5 aromatic rings. The van der Waals surface area contributed by atoms with Gasteiger partial charge in [0.25, 0.3) is 0 Å². The minimum Gasteiger partial charge on any atom is -0.315 e. The molecule has 4 heterocycles. The molecule has 8 heteroatoms. The molecule has 0 bridgehead atoms. The van der Waals surface area contributed by atoms with Crippen molar-refractivity contribution in [3.63, 3.8) is 0 Å². The van der Waals surface area contributed by atoms with Crippen LogP contribution in [0.1, 0.15) is 11.3 Å². The molecule has 4 aromatic heterocycles. The van der Waals surface area contributed by atoms with Crippen molar-refractivity contribution in [1.82, 2.24) is 25.0 Å². The molecule has 5 rings (SSSR count). The van der Waals surface area contributed by atoms with E-state index in [4.69, 9.17) is 10.1 Å². The first kappa shape index (κ1) is 17.0. The Morgan fingerprint density at radius 1 is 1.00 bits per heavy atom. The Kier molecular flexibility index (Phi) is 4.14. The van der Waals surface area contributed by atoms with Crippen LogP contribution in [-0.2, 0) is 0 Å². The summed E-state index contributed by atoms with van der Waals surface area (Å²) in [6, 6.07) is 16.1. The Labute approximate surface area is 169 Å². The fourth-order valence-corrected chi connectivity index (χ4v) is 4.74. The highest BCUT2D eigenvalue weighted by Crippen LogP contribution is 2.32. The van der Waals surface area contributed by atoms with Gasteiger partial charge in [-0.1, -0.05) is 35.6 Å². The van der Waals surface area contributed by atoms with Crippen molar-refractivity contribution in [2.75, 3.05) is 5.32 Å². The van der Waals surface area contributed by atoms with Gasteiger partial charge in [-0.05, 0) is 49.1 Å². The van der Waals surface area contributed by atoms with Crippen LogP contribution in [0.15, 0.2) is 53.9 Å². The molecular formula is C20H16N6S2. The molecule has 0 fully saturated rings. The number of aryl methyl sites for hydroxylation is 2. The lowest BCUT2D eigenvalue weighted by Gasteiger charge is -2.06. The monoisotopic (exact) mass is 404 g/mol. The molecule has 138 valence electrons. The van der Waals surface area contributed by atoms with E-state index in [0.29, 0.717) is 0 Å². The average molecular weight is 405 g/mol. The quantitative estimate of drug-likeness (QED) is 0.437.